The number of aromatic nitrogens is 1. The van der Waals surface area contributed by atoms with Gasteiger partial charge in [-0.15, -0.1) is 11.3 Å². The fraction of sp³-hybridized carbons (Fsp3) is 0.667. The van der Waals surface area contributed by atoms with Crippen LogP contribution < -0.4 is 5.73 Å². The van der Waals surface area contributed by atoms with Crippen molar-refractivity contribution in [3.63, 3.8) is 0 Å². The standard InChI is InChI=1S/C9H14N2S/c1-6-11-8(9(10)12-6)7-4-2-3-5-7/h7H,2-5,10H2,1H3. The summed E-state index contributed by atoms with van der Waals surface area (Å²) in [6.45, 7) is 2.03. The van der Waals surface area contributed by atoms with Crippen LogP contribution in [-0.4, -0.2) is 4.98 Å². The van der Waals surface area contributed by atoms with E-state index in [9.17, 15) is 0 Å². The van der Waals surface area contributed by atoms with E-state index in [1.165, 1.54) is 31.4 Å². The second-order valence-electron chi connectivity index (χ2n) is 3.46. The second kappa shape index (κ2) is 3.05. The first-order chi connectivity index (χ1) is 5.77. The largest absolute Gasteiger partial charge is 0.389 e. The van der Waals surface area contributed by atoms with Gasteiger partial charge in [0, 0.05) is 5.92 Å². The minimum atomic E-state index is 0.662. The van der Waals surface area contributed by atoms with Crippen molar-refractivity contribution >= 4 is 16.3 Å². The fourth-order valence-corrected chi connectivity index (χ4v) is 2.73. The predicted molar refractivity (Wildman–Crippen MR) is 52.5 cm³/mol. The van der Waals surface area contributed by atoms with Gasteiger partial charge >= 0.3 is 0 Å². The fourth-order valence-electron chi connectivity index (χ4n) is 1.95. The SMILES string of the molecule is Cc1nc(C2CCCC2)c(N)s1. The number of thiazole rings is 1. The molecule has 1 heterocycles. The smallest absolute Gasteiger partial charge is 0.110 e. The monoisotopic (exact) mass is 182 g/mol. The lowest BCUT2D eigenvalue weighted by Crippen LogP contribution is -1.96. The summed E-state index contributed by atoms with van der Waals surface area (Å²) in [5.74, 6) is 0.662. The average molecular weight is 182 g/mol. The molecule has 0 aliphatic heterocycles. The molecule has 1 aliphatic rings. The lowest BCUT2D eigenvalue weighted by atomic mass is 10.1. The van der Waals surface area contributed by atoms with E-state index in [1.54, 1.807) is 11.3 Å². The van der Waals surface area contributed by atoms with Gasteiger partial charge in [-0.3, -0.25) is 0 Å². The maximum absolute atomic E-state index is 5.88. The second-order valence-corrected chi connectivity index (χ2v) is 4.70. The van der Waals surface area contributed by atoms with E-state index in [-0.39, 0.29) is 0 Å². The summed E-state index contributed by atoms with van der Waals surface area (Å²) in [5, 5.41) is 2.05. The van der Waals surface area contributed by atoms with E-state index in [2.05, 4.69) is 4.98 Å². The minimum Gasteiger partial charge on any atom is -0.389 e. The molecule has 3 heteroatoms. The maximum atomic E-state index is 5.88. The van der Waals surface area contributed by atoms with E-state index < -0.39 is 0 Å². The zero-order valence-corrected chi connectivity index (χ0v) is 8.16. The minimum absolute atomic E-state index is 0.662. The van der Waals surface area contributed by atoms with Crippen molar-refractivity contribution in [1.82, 2.24) is 4.98 Å². The molecule has 12 heavy (non-hydrogen) atoms. The molecule has 1 fully saturated rings. The number of nitrogens with zero attached hydrogens (tertiary/aromatic N) is 1. The predicted octanol–water partition coefficient (Wildman–Crippen LogP) is 2.69. The van der Waals surface area contributed by atoms with Gasteiger partial charge in [0.2, 0.25) is 0 Å². The quantitative estimate of drug-likeness (QED) is 0.725. The first-order valence-corrected chi connectivity index (χ1v) is 5.32. The van der Waals surface area contributed by atoms with Crippen molar-refractivity contribution in [3.8, 4) is 0 Å². The summed E-state index contributed by atoms with van der Waals surface area (Å²) in [6.07, 6.45) is 5.27. The zero-order chi connectivity index (χ0) is 8.55. The maximum Gasteiger partial charge on any atom is 0.110 e. The third kappa shape index (κ3) is 1.33. The number of hydrogen-bond donors (Lipinski definition) is 1. The van der Waals surface area contributed by atoms with Crippen LogP contribution in [0.5, 0.6) is 0 Å². The summed E-state index contributed by atoms with van der Waals surface area (Å²) in [5.41, 5.74) is 7.05. The lowest BCUT2D eigenvalue weighted by Gasteiger charge is -2.04. The molecule has 1 aliphatic carbocycles. The molecule has 0 unspecified atom stereocenters. The number of rotatable bonds is 1. The number of nitrogen functional groups attached to an aromatic ring is 1. The lowest BCUT2D eigenvalue weighted by molar-refractivity contribution is 0.703. The molecular weight excluding hydrogens is 168 g/mol. The van der Waals surface area contributed by atoms with E-state index >= 15 is 0 Å². The average Bonchev–Trinajstić information content (AvgIpc) is 2.58. The highest BCUT2D eigenvalue weighted by molar-refractivity contribution is 7.15. The Balaban J connectivity index is 2.25. The van der Waals surface area contributed by atoms with Crippen LogP contribution in [0, 0.1) is 6.92 Å². The van der Waals surface area contributed by atoms with E-state index in [1.807, 2.05) is 6.92 Å². The van der Waals surface area contributed by atoms with Crippen LogP contribution in [0.25, 0.3) is 0 Å². The Kier molecular flexibility index (Phi) is 2.05. The molecule has 2 rings (SSSR count). The molecule has 0 saturated heterocycles. The van der Waals surface area contributed by atoms with Gasteiger partial charge in [-0.05, 0) is 19.8 Å². The molecule has 0 bridgehead atoms. The highest BCUT2D eigenvalue weighted by Crippen LogP contribution is 2.38. The van der Waals surface area contributed by atoms with Crippen molar-refractivity contribution in [3.05, 3.63) is 10.7 Å². The van der Waals surface area contributed by atoms with Gasteiger partial charge in [0.1, 0.15) is 5.00 Å². The van der Waals surface area contributed by atoms with Gasteiger partial charge in [-0.1, -0.05) is 12.8 Å². The molecule has 0 atom stereocenters. The first-order valence-electron chi connectivity index (χ1n) is 4.50. The Bertz CT molecular complexity index is 274. The van der Waals surface area contributed by atoms with Gasteiger partial charge in [0.15, 0.2) is 0 Å². The summed E-state index contributed by atoms with van der Waals surface area (Å²) >= 11 is 1.62. The molecule has 66 valence electrons. The summed E-state index contributed by atoms with van der Waals surface area (Å²) in [4.78, 5) is 4.49. The molecule has 2 nitrogen and oxygen atoms in total. The van der Waals surface area contributed by atoms with Gasteiger partial charge < -0.3 is 5.73 Å². The van der Waals surface area contributed by atoms with Gasteiger partial charge in [0.25, 0.3) is 0 Å². The Labute approximate surface area is 76.8 Å². The van der Waals surface area contributed by atoms with E-state index in [4.69, 9.17) is 5.73 Å². The number of hydrogen-bond acceptors (Lipinski definition) is 3. The third-order valence-electron chi connectivity index (χ3n) is 2.53. The highest BCUT2D eigenvalue weighted by atomic mass is 32.1. The Hall–Kier alpha value is -0.570. The van der Waals surface area contributed by atoms with Gasteiger partial charge in [-0.25, -0.2) is 4.98 Å². The highest BCUT2D eigenvalue weighted by Gasteiger charge is 2.21. The van der Waals surface area contributed by atoms with Crippen molar-refractivity contribution in [2.45, 2.75) is 38.5 Å². The van der Waals surface area contributed by atoms with Crippen LogP contribution >= 0.6 is 11.3 Å². The van der Waals surface area contributed by atoms with Crippen LogP contribution in [0.3, 0.4) is 0 Å². The molecule has 1 aromatic heterocycles. The van der Waals surface area contributed by atoms with Crippen molar-refractivity contribution in [2.24, 2.45) is 0 Å². The Morgan fingerprint density at radius 3 is 2.58 bits per heavy atom. The molecule has 0 radical (unpaired) electrons. The summed E-state index contributed by atoms with van der Waals surface area (Å²) < 4.78 is 0. The Morgan fingerprint density at radius 1 is 1.42 bits per heavy atom. The molecule has 1 saturated carbocycles. The normalized spacial score (nSPS) is 18.8. The van der Waals surface area contributed by atoms with Crippen LogP contribution in [0.4, 0.5) is 5.00 Å². The molecular formula is C9H14N2S. The van der Waals surface area contributed by atoms with Crippen molar-refractivity contribution in [2.75, 3.05) is 5.73 Å². The van der Waals surface area contributed by atoms with Crippen molar-refractivity contribution < 1.29 is 0 Å². The van der Waals surface area contributed by atoms with Crippen LogP contribution in [0.1, 0.15) is 42.3 Å². The van der Waals surface area contributed by atoms with Crippen LogP contribution in [0.2, 0.25) is 0 Å². The van der Waals surface area contributed by atoms with E-state index in [0.29, 0.717) is 5.92 Å². The molecule has 1 aromatic rings. The number of anilines is 1. The van der Waals surface area contributed by atoms with Gasteiger partial charge in [0.05, 0.1) is 10.7 Å². The molecule has 0 spiro atoms. The zero-order valence-electron chi connectivity index (χ0n) is 7.34. The first kappa shape index (κ1) is 8.05. The van der Waals surface area contributed by atoms with Gasteiger partial charge in [-0.2, -0.15) is 0 Å². The Morgan fingerprint density at radius 2 is 2.08 bits per heavy atom. The third-order valence-corrected chi connectivity index (χ3v) is 3.35. The molecule has 0 amide bonds. The van der Waals surface area contributed by atoms with Crippen LogP contribution in [0.15, 0.2) is 0 Å². The summed E-state index contributed by atoms with van der Waals surface area (Å²) in [7, 11) is 0. The van der Waals surface area contributed by atoms with E-state index in [0.717, 1.165) is 10.0 Å². The number of nitrogens with two attached hydrogens (primary N) is 1. The molecule has 0 aromatic carbocycles. The van der Waals surface area contributed by atoms with Crippen molar-refractivity contribution in [1.29, 1.82) is 0 Å². The molecule has 2 N–H and O–H groups in total. The van der Waals surface area contributed by atoms with Crippen LogP contribution in [-0.2, 0) is 0 Å². The summed E-state index contributed by atoms with van der Waals surface area (Å²) in [6, 6.07) is 0. The number of aryl methyl sites for hydroxylation is 1. The topological polar surface area (TPSA) is 38.9 Å².